The maximum Gasteiger partial charge on any atom is 2.00 e. The van der Waals surface area contributed by atoms with Crippen molar-refractivity contribution in [3.05, 3.63) is 18.6 Å². The van der Waals surface area contributed by atoms with Crippen LogP contribution in [0.3, 0.4) is 0 Å². The Labute approximate surface area is 86.0 Å². The van der Waals surface area contributed by atoms with E-state index in [1.54, 1.807) is 0 Å². The number of hydrogen-bond donors (Lipinski definition) is 0. The molecule has 0 aliphatic rings. The molecule has 10 heavy (non-hydrogen) atoms. The third-order valence-electron chi connectivity index (χ3n) is 0.838. The smallest absolute Gasteiger partial charge is 1.00 e. The fourth-order valence-corrected chi connectivity index (χ4v) is 0.440. The van der Waals surface area contributed by atoms with E-state index in [1.807, 2.05) is 0 Å². The van der Waals surface area contributed by atoms with Gasteiger partial charge >= 0.3 is 23.1 Å². The summed E-state index contributed by atoms with van der Waals surface area (Å²) < 4.78 is 0. The molecule has 0 saturated heterocycles. The van der Waals surface area contributed by atoms with Gasteiger partial charge in [-0.25, -0.2) is 0 Å². The fraction of sp³-hybridized carbons (Fsp3) is 0.500. The molecule has 0 amide bonds. The number of allylic oxidation sites excluding steroid dienone is 2. The molecular weight excluding hydrogens is 156 g/mol. The predicted molar refractivity (Wildman–Crippen MR) is 41.6 cm³/mol. The van der Waals surface area contributed by atoms with Gasteiger partial charge in [0.25, 0.3) is 0 Å². The summed E-state index contributed by atoms with van der Waals surface area (Å²) in [5.41, 5.74) is 0. The first-order valence-corrected chi connectivity index (χ1v) is 2.96. The Balaban J connectivity index is -0.000000245. The van der Waals surface area contributed by atoms with Crippen molar-refractivity contribution in [3.8, 4) is 5.92 Å². The van der Waals surface area contributed by atoms with Crippen molar-refractivity contribution in [1.29, 1.82) is 0 Å². The van der Waals surface area contributed by atoms with Gasteiger partial charge in [-0.05, 0) is 19.3 Å². The third-order valence-corrected chi connectivity index (χ3v) is 0.838. The molecule has 0 spiro atoms. The van der Waals surface area contributed by atoms with Crippen LogP contribution < -0.4 is 12.4 Å². The average molecular weight is 167 g/mol. The zero-order valence-corrected chi connectivity index (χ0v) is 8.53. The van der Waals surface area contributed by atoms with E-state index in [9.17, 15) is 0 Å². The van der Waals surface area contributed by atoms with Gasteiger partial charge in [0.15, 0.2) is 0 Å². The van der Waals surface area contributed by atoms with E-state index in [-0.39, 0.29) is 35.5 Å². The van der Waals surface area contributed by atoms with Gasteiger partial charge in [-0.3, -0.25) is 0 Å². The predicted octanol–water partition coefficient (Wildman–Crippen LogP) is -1.05. The normalized spacial score (nSPS) is 7.60. The Kier molecular flexibility index (Phi) is 27.1. The molecule has 0 aliphatic heterocycles. The summed E-state index contributed by atoms with van der Waals surface area (Å²) in [7, 11) is 0. The van der Waals surface area contributed by atoms with Crippen molar-refractivity contribution in [2.24, 2.45) is 0 Å². The van der Waals surface area contributed by atoms with Gasteiger partial charge in [0.2, 0.25) is 0 Å². The number of rotatable bonds is 3. The third kappa shape index (κ3) is 15.8. The van der Waals surface area contributed by atoms with Crippen molar-refractivity contribution >= 4 is 23.1 Å². The molecule has 0 aromatic carbocycles. The van der Waals surface area contributed by atoms with Crippen LogP contribution >= 0.6 is 0 Å². The van der Waals surface area contributed by atoms with Crippen LogP contribution in [0.1, 0.15) is 26.2 Å². The molecule has 0 rings (SSSR count). The molecule has 0 aliphatic carbocycles. The quantitative estimate of drug-likeness (QED) is 0.165. The molecule has 0 aromatic rings. The molecule has 0 nitrogen and oxygen atoms in total. The number of unbranched alkanes of at least 4 members (excludes halogenated alkanes) is 1. The first-order valence-electron chi connectivity index (χ1n) is 2.96. The minimum atomic E-state index is 0. The summed E-state index contributed by atoms with van der Waals surface area (Å²) in [6.07, 6.45) is 13.6. The maximum absolute atomic E-state index is 6.55. The van der Waals surface area contributed by atoms with Crippen LogP contribution in [0.5, 0.6) is 0 Å². The molecule has 2 heteroatoms. The minimum Gasteiger partial charge on any atom is -1.00 e. The van der Waals surface area contributed by atoms with Crippen molar-refractivity contribution in [1.82, 2.24) is 0 Å². The number of halogens is 1. The van der Waals surface area contributed by atoms with Gasteiger partial charge in [0.05, 0.1) is 0 Å². The zero-order valence-electron chi connectivity index (χ0n) is 6.36. The van der Waals surface area contributed by atoms with E-state index >= 15 is 0 Å². The molecule has 0 heterocycles. The van der Waals surface area contributed by atoms with E-state index in [1.165, 1.54) is 0 Å². The topological polar surface area (TPSA) is 0 Å². The van der Waals surface area contributed by atoms with E-state index < -0.39 is 0 Å². The van der Waals surface area contributed by atoms with Crippen LogP contribution in [0.25, 0.3) is 0 Å². The molecule has 0 bridgehead atoms. The van der Waals surface area contributed by atoms with E-state index in [0.717, 1.165) is 19.3 Å². The second-order valence-corrected chi connectivity index (χ2v) is 1.60. The van der Waals surface area contributed by atoms with Gasteiger partial charge in [0, 0.05) is 0 Å². The first kappa shape index (κ1) is 16.8. The Morgan fingerprint density at radius 1 is 1.40 bits per heavy atom. The van der Waals surface area contributed by atoms with E-state index in [2.05, 4.69) is 25.0 Å². The molecule has 0 atom stereocenters. The second kappa shape index (κ2) is 16.2. The monoisotopic (exact) mass is 166 g/mol. The first-order chi connectivity index (χ1) is 3.91. The molecule has 0 saturated carbocycles. The second-order valence-electron chi connectivity index (χ2n) is 1.60. The molecule has 0 fully saturated rings. The summed E-state index contributed by atoms with van der Waals surface area (Å²) in [6.45, 7) is 2.10. The van der Waals surface area contributed by atoms with Crippen LogP contribution in [0.15, 0.2) is 12.2 Å². The number of hydrogen-bond acceptors (Lipinski definition) is 0. The maximum atomic E-state index is 6.55. The molecule has 52 valence electrons. The molecule has 0 radical (unpaired) electrons. The van der Waals surface area contributed by atoms with Crippen molar-refractivity contribution in [3.63, 3.8) is 0 Å². The van der Waals surface area contributed by atoms with Crippen LogP contribution in [-0.2, 0) is 0 Å². The van der Waals surface area contributed by atoms with Gasteiger partial charge in [-0.2, -0.15) is 0 Å². The Morgan fingerprint density at radius 3 is 2.40 bits per heavy atom. The summed E-state index contributed by atoms with van der Waals surface area (Å²) in [5.74, 6) is 2.33. The van der Waals surface area contributed by atoms with E-state index in [0.29, 0.717) is 0 Å². The van der Waals surface area contributed by atoms with Gasteiger partial charge in [-0.15, -0.1) is 0 Å². The largest absolute Gasteiger partial charge is 2.00 e. The molecule has 0 unspecified atom stereocenters. The van der Waals surface area contributed by atoms with E-state index in [4.69, 9.17) is 6.42 Å². The Bertz CT molecular complexity index is 102. The molecule has 0 N–H and O–H groups in total. The minimum absolute atomic E-state index is 0. The summed E-state index contributed by atoms with van der Waals surface area (Å²) in [4.78, 5) is 0. The van der Waals surface area contributed by atoms with Crippen molar-refractivity contribution < 1.29 is 12.4 Å². The van der Waals surface area contributed by atoms with Gasteiger partial charge < -0.3 is 24.8 Å². The van der Waals surface area contributed by atoms with Crippen LogP contribution in [0, 0.1) is 12.3 Å². The molecule has 0 aromatic heterocycles. The summed E-state index contributed by atoms with van der Waals surface area (Å²) >= 11 is 0. The van der Waals surface area contributed by atoms with Crippen molar-refractivity contribution in [2.75, 3.05) is 0 Å². The summed E-state index contributed by atoms with van der Waals surface area (Å²) in [5, 5.41) is 0. The zero-order chi connectivity index (χ0) is 6.24. The van der Waals surface area contributed by atoms with Crippen molar-refractivity contribution in [2.45, 2.75) is 26.2 Å². The Hall–Kier alpha value is 0.356. The Morgan fingerprint density at radius 2 is 2.00 bits per heavy atom. The SMILES string of the molecule is [C-]#CCC/C=C\CC.[Cl-].[Mg+2]. The van der Waals surface area contributed by atoms with Crippen LogP contribution in [-0.4, -0.2) is 23.1 Å². The fourth-order valence-electron chi connectivity index (χ4n) is 0.440. The van der Waals surface area contributed by atoms with Crippen LogP contribution in [0.2, 0.25) is 0 Å². The standard InChI is InChI=1S/C8H11.ClH.Mg/c1-3-5-7-8-6-4-2;;/h5,7H,3,6,8H2,1H3;1H;/q-1;;+2/p-1/b7-5-;;. The van der Waals surface area contributed by atoms with Crippen LogP contribution in [0.4, 0.5) is 0 Å². The van der Waals surface area contributed by atoms with Gasteiger partial charge in [0.1, 0.15) is 0 Å². The van der Waals surface area contributed by atoms with Gasteiger partial charge in [-0.1, -0.05) is 19.1 Å². The molecular formula is C8H11ClMg. The average Bonchev–Trinajstić information content (AvgIpc) is 1.81. The summed E-state index contributed by atoms with van der Waals surface area (Å²) in [6, 6.07) is 0.